The molecule has 0 saturated carbocycles. The lowest BCUT2D eigenvalue weighted by Gasteiger charge is -2.20. The van der Waals surface area contributed by atoms with Crippen LogP contribution in [-0.2, 0) is 4.79 Å². The Morgan fingerprint density at radius 2 is 1.94 bits per heavy atom. The molecule has 0 spiro atoms. The molecule has 0 aromatic heterocycles. The third kappa shape index (κ3) is 4.00. The van der Waals surface area contributed by atoms with Crippen molar-refractivity contribution in [1.82, 2.24) is 5.32 Å². The van der Waals surface area contributed by atoms with Gasteiger partial charge in [0.25, 0.3) is 0 Å². The second-order valence-electron chi connectivity index (χ2n) is 4.47. The fourth-order valence-electron chi connectivity index (χ4n) is 1.53. The Morgan fingerprint density at radius 1 is 1.33 bits per heavy atom. The molecule has 4 nitrogen and oxygen atoms in total. The summed E-state index contributed by atoms with van der Waals surface area (Å²) in [5.41, 5.74) is 1.93. The predicted octanol–water partition coefficient (Wildman–Crippen LogP) is 2.39. The summed E-state index contributed by atoms with van der Waals surface area (Å²) in [5, 5.41) is 15.2. The molecule has 98 valence electrons. The van der Waals surface area contributed by atoms with Gasteiger partial charge in [-0.05, 0) is 36.7 Å². The third-order valence-electron chi connectivity index (χ3n) is 2.61. The molecule has 0 aliphatic rings. The van der Waals surface area contributed by atoms with E-state index in [4.69, 9.17) is 17.3 Å². The van der Waals surface area contributed by atoms with Crippen LogP contribution in [0.15, 0.2) is 24.3 Å². The Hall–Kier alpha value is -1.62. The summed E-state index contributed by atoms with van der Waals surface area (Å²) in [6.45, 7) is 5.63. The lowest BCUT2D eigenvalue weighted by atomic mass is 10.1. The first-order valence-corrected chi connectivity index (χ1v) is 6.18. The Labute approximate surface area is 112 Å². The van der Waals surface area contributed by atoms with Crippen molar-refractivity contribution in [3.05, 3.63) is 29.8 Å². The molecule has 0 unspecified atom stereocenters. The Balaban J connectivity index is 2.67. The predicted molar refractivity (Wildman–Crippen MR) is 76.8 cm³/mol. The van der Waals surface area contributed by atoms with Gasteiger partial charge in [-0.2, -0.15) is 0 Å². The summed E-state index contributed by atoms with van der Waals surface area (Å²) in [6, 6.07) is 7.01. The average molecular weight is 266 g/mol. The molecule has 1 atom stereocenters. The molecule has 0 amide bonds. The number of anilines is 1. The number of carbonyl (C=O) groups is 1. The number of benzene rings is 1. The highest BCUT2D eigenvalue weighted by Crippen LogP contribution is 2.13. The second-order valence-corrected chi connectivity index (χ2v) is 4.88. The summed E-state index contributed by atoms with van der Waals surface area (Å²) >= 11 is 5.12. The molecular formula is C13H18N2O2S. The maximum atomic E-state index is 11.0. The van der Waals surface area contributed by atoms with Gasteiger partial charge >= 0.3 is 5.97 Å². The van der Waals surface area contributed by atoms with E-state index in [2.05, 4.69) is 10.6 Å². The highest BCUT2D eigenvalue weighted by molar-refractivity contribution is 7.80. The van der Waals surface area contributed by atoms with Crippen LogP contribution in [-0.4, -0.2) is 22.2 Å². The van der Waals surface area contributed by atoms with Crippen molar-refractivity contribution < 1.29 is 9.90 Å². The van der Waals surface area contributed by atoms with Crippen LogP contribution in [0.1, 0.15) is 19.4 Å². The molecule has 1 aromatic rings. The van der Waals surface area contributed by atoms with Crippen LogP contribution in [0.5, 0.6) is 0 Å². The van der Waals surface area contributed by atoms with Crippen LogP contribution in [0.2, 0.25) is 0 Å². The van der Waals surface area contributed by atoms with Gasteiger partial charge in [-0.3, -0.25) is 0 Å². The van der Waals surface area contributed by atoms with Crippen LogP contribution in [0.25, 0.3) is 0 Å². The largest absolute Gasteiger partial charge is 0.480 e. The van der Waals surface area contributed by atoms with Gasteiger partial charge in [-0.15, -0.1) is 0 Å². The van der Waals surface area contributed by atoms with Crippen molar-refractivity contribution in [2.24, 2.45) is 5.92 Å². The molecule has 0 aliphatic carbocycles. The summed E-state index contributed by atoms with van der Waals surface area (Å²) < 4.78 is 0. The van der Waals surface area contributed by atoms with Gasteiger partial charge in [0.05, 0.1) is 0 Å². The standard InChI is InChI=1S/C13H18N2O2S/c1-8(2)11(12(16)17)15-13(18)14-10-7-5-4-6-9(10)3/h4-8,11H,1-3H3,(H,16,17)(H2,14,15,18)/t11-/m0/s1. The fourth-order valence-corrected chi connectivity index (χ4v) is 1.76. The molecule has 1 aromatic carbocycles. The van der Waals surface area contributed by atoms with Gasteiger partial charge < -0.3 is 15.7 Å². The van der Waals surface area contributed by atoms with E-state index < -0.39 is 12.0 Å². The smallest absolute Gasteiger partial charge is 0.326 e. The monoisotopic (exact) mass is 266 g/mol. The Bertz CT molecular complexity index is 446. The van der Waals surface area contributed by atoms with Crippen LogP contribution in [0.4, 0.5) is 5.69 Å². The van der Waals surface area contributed by atoms with Gasteiger partial charge in [-0.1, -0.05) is 32.0 Å². The summed E-state index contributed by atoms with van der Waals surface area (Å²) in [5.74, 6) is -0.946. The molecule has 1 rings (SSSR count). The fraction of sp³-hybridized carbons (Fsp3) is 0.385. The van der Waals surface area contributed by atoms with Crippen LogP contribution in [0, 0.1) is 12.8 Å². The lowest BCUT2D eigenvalue weighted by molar-refractivity contribution is -0.140. The van der Waals surface area contributed by atoms with Gasteiger partial charge in [0.1, 0.15) is 6.04 Å². The summed E-state index contributed by atoms with van der Waals surface area (Å²) in [6.07, 6.45) is 0. The van der Waals surface area contributed by atoms with E-state index in [1.54, 1.807) is 0 Å². The number of hydrogen-bond donors (Lipinski definition) is 3. The van der Waals surface area contributed by atoms with E-state index in [9.17, 15) is 4.79 Å². The van der Waals surface area contributed by atoms with Gasteiger partial charge in [0.2, 0.25) is 0 Å². The zero-order chi connectivity index (χ0) is 13.7. The van der Waals surface area contributed by atoms with E-state index >= 15 is 0 Å². The minimum Gasteiger partial charge on any atom is -0.480 e. The first-order chi connectivity index (χ1) is 8.41. The Morgan fingerprint density at radius 3 is 2.44 bits per heavy atom. The van der Waals surface area contributed by atoms with Crippen molar-refractivity contribution in [3.63, 3.8) is 0 Å². The van der Waals surface area contributed by atoms with Crippen LogP contribution < -0.4 is 10.6 Å². The Kier molecular flexibility index (Phi) is 5.09. The molecule has 0 aliphatic heterocycles. The highest BCUT2D eigenvalue weighted by atomic mass is 32.1. The van der Waals surface area contributed by atoms with E-state index in [1.807, 2.05) is 45.0 Å². The van der Waals surface area contributed by atoms with E-state index in [0.29, 0.717) is 5.11 Å². The number of aliphatic carboxylic acids is 1. The minimum absolute atomic E-state index is 0.0425. The molecule has 5 heteroatoms. The van der Waals surface area contributed by atoms with Crippen molar-refractivity contribution >= 4 is 29.0 Å². The zero-order valence-electron chi connectivity index (χ0n) is 10.7. The van der Waals surface area contributed by atoms with E-state index in [-0.39, 0.29) is 5.92 Å². The summed E-state index contributed by atoms with van der Waals surface area (Å²) in [7, 11) is 0. The molecule has 0 radical (unpaired) electrons. The molecule has 0 bridgehead atoms. The van der Waals surface area contributed by atoms with Crippen molar-refractivity contribution in [3.8, 4) is 0 Å². The quantitative estimate of drug-likeness (QED) is 0.730. The van der Waals surface area contributed by atoms with Crippen LogP contribution >= 0.6 is 12.2 Å². The van der Waals surface area contributed by atoms with Crippen molar-refractivity contribution in [1.29, 1.82) is 0 Å². The van der Waals surface area contributed by atoms with E-state index in [1.165, 1.54) is 0 Å². The first-order valence-electron chi connectivity index (χ1n) is 5.77. The SMILES string of the molecule is Cc1ccccc1NC(=S)N[C@H](C(=O)O)C(C)C. The molecule has 18 heavy (non-hydrogen) atoms. The number of aryl methyl sites for hydroxylation is 1. The summed E-state index contributed by atoms with van der Waals surface area (Å²) in [4.78, 5) is 11.0. The average Bonchev–Trinajstić information content (AvgIpc) is 2.28. The zero-order valence-corrected chi connectivity index (χ0v) is 11.5. The molecule has 0 saturated heterocycles. The number of nitrogens with one attached hydrogen (secondary N) is 2. The second kappa shape index (κ2) is 6.35. The number of carboxylic acids is 1. The third-order valence-corrected chi connectivity index (χ3v) is 2.83. The number of thiocarbonyl (C=S) groups is 1. The van der Waals surface area contributed by atoms with Crippen LogP contribution in [0.3, 0.4) is 0 Å². The van der Waals surface area contributed by atoms with Crippen molar-refractivity contribution in [2.45, 2.75) is 26.8 Å². The molecule has 0 fully saturated rings. The lowest BCUT2D eigenvalue weighted by Crippen LogP contribution is -2.46. The minimum atomic E-state index is -0.904. The number of carboxylic acid groups (broad SMARTS) is 1. The number of rotatable bonds is 4. The maximum Gasteiger partial charge on any atom is 0.326 e. The topological polar surface area (TPSA) is 61.4 Å². The molecule has 0 heterocycles. The van der Waals surface area contributed by atoms with Gasteiger partial charge in [0.15, 0.2) is 5.11 Å². The number of para-hydroxylation sites is 1. The molecular weight excluding hydrogens is 248 g/mol. The molecule has 3 N–H and O–H groups in total. The van der Waals surface area contributed by atoms with Gasteiger partial charge in [-0.25, -0.2) is 4.79 Å². The highest BCUT2D eigenvalue weighted by Gasteiger charge is 2.21. The number of hydrogen-bond acceptors (Lipinski definition) is 2. The normalized spacial score (nSPS) is 12.0. The maximum absolute atomic E-state index is 11.0. The van der Waals surface area contributed by atoms with E-state index in [0.717, 1.165) is 11.3 Å². The van der Waals surface area contributed by atoms with Gasteiger partial charge in [0, 0.05) is 5.69 Å². The first kappa shape index (κ1) is 14.4. The van der Waals surface area contributed by atoms with Crippen molar-refractivity contribution in [2.75, 3.05) is 5.32 Å².